The standard InChI is InChI=1S/C8H9NO2/c1-6(9-11)7-4-2-3-5-8(7)10/h2-5,10-11H,1H3. The number of rotatable bonds is 1. The van der Waals surface area contributed by atoms with E-state index in [1.165, 1.54) is 0 Å². The summed E-state index contributed by atoms with van der Waals surface area (Å²) in [7, 11) is 0. The number of hydrogen-bond acceptors (Lipinski definition) is 3. The van der Waals surface area contributed by atoms with Crippen molar-refractivity contribution in [1.82, 2.24) is 0 Å². The van der Waals surface area contributed by atoms with Gasteiger partial charge in [-0.3, -0.25) is 0 Å². The zero-order valence-electron chi connectivity index (χ0n) is 6.15. The summed E-state index contributed by atoms with van der Waals surface area (Å²) in [5, 5.41) is 20.6. The second-order valence-electron chi connectivity index (χ2n) is 2.20. The smallest absolute Gasteiger partial charge is 0.124 e. The summed E-state index contributed by atoms with van der Waals surface area (Å²) in [4.78, 5) is 0. The summed E-state index contributed by atoms with van der Waals surface area (Å²) in [5.41, 5.74) is 0.957. The van der Waals surface area contributed by atoms with Gasteiger partial charge in [-0.2, -0.15) is 0 Å². The lowest BCUT2D eigenvalue weighted by atomic mass is 10.1. The van der Waals surface area contributed by atoms with E-state index in [2.05, 4.69) is 5.16 Å². The molecule has 1 rings (SSSR count). The molecule has 3 heteroatoms. The Balaban J connectivity index is 3.14. The molecule has 2 N–H and O–H groups in total. The van der Waals surface area contributed by atoms with Crippen molar-refractivity contribution in [3.8, 4) is 5.75 Å². The third-order valence-electron chi connectivity index (χ3n) is 1.44. The van der Waals surface area contributed by atoms with Gasteiger partial charge < -0.3 is 10.3 Å². The first-order valence-corrected chi connectivity index (χ1v) is 3.22. The van der Waals surface area contributed by atoms with Crippen molar-refractivity contribution in [3.63, 3.8) is 0 Å². The Morgan fingerprint density at radius 3 is 2.55 bits per heavy atom. The molecule has 0 saturated carbocycles. The minimum Gasteiger partial charge on any atom is -0.507 e. The van der Waals surface area contributed by atoms with Crippen molar-refractivity contribution in [2.75, 3.05) is 0 Å². The molecule has 0 aliphatic rings. The van der Waals surface area contributed by atoms with Gasteiger partial charge in [0.25, 0.3) is 0 Å². The summed E-state index contributed by atoms with van der Waals surface area (Å²) in [6, 6.07) is 6.71. The van der Waals surface area contributed by atoms with Crippen LogP contribution in [0.2, 0.25) is 0 Å². The third-order valence-corrected chi connectivity index (χ3v) is 1.44. The highest BCUT2D eigenvalue weighted by atomic mass is 16.4. The maximum atomic E-state index is 9.22. The van der Waals surface area contributed by atoms with Gasteiger partial charge in [0, 0.05) is 5.56 Å². The Morgan fingerprint density at radius 1 is 1.36 bits per heavy atom. The second kappa shape index (κ2) is 3.05. The van der Waals surface area contributed by atoms with E-state index in [4.69, 9.17) is 5.21 Å². The molecular formula is C8H9NO2. The first-order valence-electron chi connectivity index (χ1n) is 3.22. The summed E-state index contributed by atoms with van der Waals surface area (Å²) in [6.07, 6.45) is 0. The van der Waals surface area contributed by atoms with Crippen molar-refractivity contribution >= 4 is 5.71 Å². The van der Waals surface area contributed by atoms with Crippen molar-refractivity contribution < 1.29 is 10.3 Å². The van der Waals surface area contributed by atoms with Gasteiger partial charge in [0.1, 0.15) is 5.75 Å². The fourth-order valence-electron chi connectivity index (χ4n) is 0.833. The van der Waals surface area contributed by atoms with Crippen molar-refractivity contribution in [3.05, 3.63) is 29.8 Å². The molecule has 0 unspecified atom stereocenters. The van der Waals surface area contributed by atoms with E-state index in [-0.39, 0.29) is 5.75 Å². The molecule has 11 heavy (non-hydrogen) atoms. The maximum Gasteiger partial charge on any atom is 0.124 e. The van der Waals surface area contributed by atoms with Gasteiger partial charge in [0.2, 0.25) is 0 Å². The molecule has 0 fully saturated rings. The zero-order chi connectivity index (χ0) is 8.27. The predicted octanol–water partition coefficient (Wildman–Crippen LogP) is 1.59. The van der Waals surface area contributed by atoms with Crippen LogP contribution in [0.1, 0.15) is 12.5 Å². The number of hydrogen-bond donors (Lipinski definition) is 2. The van der Waals surface area contributed by atoms with E-state index in [0.29, 0.717) is 11.3 Å². The van der Waals surface area contributed by atoms with E-state index < -0.39 is 0 Å². The van der Waals surface area contributed by atoms with Crippen molar-refractivity contribution in [1.29, 1.82) is 0 Å². The van der Waals surface area contributed by atoms with Gasteiger partial charge in [-0.25, -0.2) is 0 Å². The van der Waals surface area contributed by atoms with E-state index >= 15 is 0 Å². The molecule has 0 saturated heterocycles. The highest BCUT2D eigenvalue weighted by Gasteiger charge is 2.01. The number of aromatic hydroxyl groups is 1. The number of nitrogens with zero attached hydrogens (tertiary/aromatic N) is 1. The number of phenolic OH excluding ortho intramolecular Hbond substituents is 1. The van der Waals surface area contributed by atoms with Crippen LogP contribution in [0.4, 0.5) is 0 Å². The Kier molecular flexibility index (Phi) is 2.11. The normalized spacial score (nSPS) is 11.5. The molecule has 1 aromatic rings. The summed E-state index contributed by atoms with van der Waals surface area (Å²) in [6.45, 7) is 1.62. The Hall–Kier alpha value is -1.51. The number of benzene rings is 1. The van der Waals surface area contributed by atoms with Crippen LogP contribution in [0.3, 0.4) is 0 Å². The third kappa shape index (κ3) is 1.49. The Bertz CT molecular complexity index is 281. The molecule has 0 spiro atoms. The van der Waals surface area contributed by atoms with Crippen LogP contribution in [-0.4, -0.2) is 16.0 Å². The molecule has 0 atom stereocenters. The van der Waals surface area contributed by atoms with Crippen LogP contribution in [0, 0.1) is 0 Å². The fraction of sp³-hybridized carbons (Fsp3) is 0.125. The van der Waals surface area contributed by atoms with Crippen molar-refractivity contribution in [2.24, 2.45) is 5.16 Å². The molecule has 0 radical (unpaired) electrons. The van der Waals surface area contributed by atoms with Gasteiger partial charge in [-0.05, 0) is 19.1 Å². The summed E-state index contributed by atoms with van der Waals surface area (Å²) >= 11 is 0. The molecule has 58 valence electrons. The molecular weight excluding hydrogens is 142 g/mol. The topological polar surface area (TPSA) is 52.8 Å². The monoisotopic (exact) mass is 151 g/mol. The lowest BCUT2D eigenvalue weighted by Gasteiger charge is -1.99. The Labute approximate surface area is 64.6 Å². The molecule has 3 nitrogen and oxygen atoms in total. The van der Waals surface area contributed by atoms with E-state index in [1.807, 2.05) is 0 Å². The van der Waals surface area contributed by atoms with Crippen LogP contribution in [-0.2, 0) is 0 Å². The number of phenols is 1. The quantitative estimate of drug-likeness (QED) is 0.364. The SMILES string of the molecule is CC(=NO)c1ccccc1O. The van der Waals surface area contributed by atoms with Crippen LogP contribution in [0.5, 0.6) is 5.75 Å². The molecule has 1 aromatic carbocycles. The first kappa shape index (κ1) is 7.60. The zero-order valence-corrected chi connectivity index (χ0v) is 6.15. The second-order valence-corrected chi connectivity index (χ2v) is 2.20. The molecule has 0 aliphatic carbocycles. The molecule has 0 amide bonds. The number of oxime groups is 1. The molecule has 0 aliphatic heterocycles. The highest BCUT2D eigenvalue weighted by Crippen LogP contribution is 2.15. The summed E-state index contributed by atoms with van der Waals surface area (Å²) in [5.74, 6) is 0.128. The number of para-hydroxylation sites is 1. The van der Waals surface area contributed by atoms with Crippen LogP contribution >= 0.6 is 0 Å². The summed E-state index contributed by atoms with van der Waals surface area (Å²) < 4.78 is 0. The predicted molar refractivity (Wildman–Crippen MR) is 42.1 cm³/mol. The highest BCUT2D eigenvalue weighted by molar-refractivity contribution is 6.00. The van der Waals surface area contributed by atoms with Crippen LogP contribution in [0.25, 0.3) is 0 Å². The Morgan fingerprint density at radius 2 is 2.00 bits per heavy atom. The van der Waals surface area contributed by atoms with Gasteiger partial charge in [0.05, 0.1) is 5.71 Å². The van der Waals surface area contributed by atoms with E-state index in [9.17, 15) is 5.11 Å². The minimum absolute atomic E-state index is 0.128. The van der Waals surface area contributed by atoms with Crippen LogP contribution < -0.4 is 0 Å². The molecule has 0 heterocycles. The largest absolute Gasteiger partial charge is 0.507 e. The fourth-order valence-corrected chi connectivity index (χ4v) is 0.833. The van der Waals surface area contributed by atoms with Crippen LogP contribution in [0.15, 0.2) is 29.4 Å². The lowest BCUT2D eigenvalue weighted by molar-refractivity contribution is 0.318. The van der Waals surface area contributed by atoms with Gasteiger partial charge >= 0.3 is 0 Å². The lowest BCUT2D eigenvalue weighted by Crippen LogP contribution is -1.93. The minimum atomic E-state index is 0.128. The van der Waals surface area contributed by atoms with Gasteiger partial charge in [-0.15, -0.1) is 0 Å². The molecule has 0 bridgehead atoms. The van der Waals surface area contributed by atoms with E-state index in [1.54, 1.807) is 31.2 Å². The van der Waals surface area contributed by atoms with Crippen molar-refractivity contribution in [2.45, 2.75) is 6.92 Å². The van der Waals surface area contributed by atoms with Gasteiger partial charge in [-0.1, -0.05) is 17.3 Å². The van der Waals surface area contributed by atoms with Gasteiger partial charge in [0.15, 0.2) is 0 Å². The molecule has 0 aromatic heterocycles. The average molecular weight is 151 g/mol. The average Bonchev–Trinajstić information content (AvgIpc) is 2.04. The maximum absolute atomic E-state index is 9.22. The van der Waals surface area contributed by atoms with E-state index in [0.717, 1.165) is 0 Å². The first-order chi connectivity index (χ1) is 5.25.